The van der Waals surface area contributed by atoms with Gasteiger partial charge in [0.2, 0.25) is 0 Å². The highest BCUT2D eigenvalue weighted by Gasteiger charge is 2.17. The SMILES string of the molecule is CCC(COC)NC(C)C(CO)SC. The van der Waals surface area contributed by atoms with E-state index in [1.807, 2.05) is 6.26 Å². The third-order valence-electron chi connectivity index (χ3n) is 2.40. The molecule has 0 saturated heterocycles. The lowest BCUT2D eigenvalue weighted by atomic mass is 10.1. The van der Waals surface area contributed by atoms with Crippen LogP contribution < -0.4 is 5.32 Å². The van der Waals surface area contributed by atoms with Crippen LogP contribution in [0, 0.1) is 0 Å². The molecule has 0 fully saturated rings. The highest BCUT2D eigenvalue weighted by Crippen LogP contribution is 2.11. The van der Waals surface area contributed by atoms with E-state index in [2.05, 4.69) is 19.2 Å². The predicted molar refractivity (Wildman–Crippen MR) is 62.9 cm³/mol. The van der Waals surface area contributed by atoms with Gasteiger partial charge in [-0.1, -0.05) is 6.92 Å². The number of methoxy groups -OCH3 is 1. The molecular formula is C10H23NO2S. The fourth-order valence-electron chi connectivity index (χ4n) is 1.40. The molecule has 4 heteroatoms. The second-order valence-electron chi connectivity index (χ2n) is 3.47. The van der Waals surface area contributed by atoms with E-state index in [1.54, 1.807) is 18.9 Å². The first-order valence-electron chi connectivity index (χ1n) is 5.08. The van der Waals surface area contributed by atoms with Gasteiger partial charge >= 0.3 is 0 Å². The van der Waals surface area contributed by atoms with Crippen molar-refractivity contribution in [2.75, 3.05) is 26.6 Å². The van der Waals surface area contributed by atoms with E-state index in [-0.39, 0.29) is 11.9 Å². The van der Waals surface area contributed by atoms with Crippen LogP contribution >= 0.6 is 11.8 Å². The Labute approximate surface area is 91.6 Å². The monoisotopic (exact) mass is 221 g/mol. The summed E-state index contributed by atoms with van der Waals surface area (Å²) in [6.45, 7) is 5.19. The van der Waals surface area contributed by atoms with Crippen molar-refractivity contribution in [3.8, 4) is 0 Å². The standard InChI is InChI=1S/C10H23NO2S/c1-5-9(7-13-3)11-8(2)10(6-12)14-4/h8-12H,5-7H2,1-4H3. The molecule has 3 atom stereocenters. The van der Waals surface area contributed by atoms with E-state index >= 15 is 0 Å². The van der Waals surface area contributed by atoms with Crippen LogP contribution in [0.5, 0.6) is 0 Å². The first-order valence-corrected chi connectivity index (χ1v) is 6.36. The fraction of sp³-hybridized carbons (Fsp3) is 1.00. The molecule has 0 saturated carbocycles. The smallest absolute Gasteiger partial charge is 0.0615 e. The van der Waals surface area contributed by atoms with Gasteiger partial charge in [0.1, 0.15) is 0 Å². The number of aliphatic hydroxyl groups is 1. The van der Waals surface area contributed by atoms with Crippen molar-refractivity contribution in [3.05, 3.63) is 0 Å². The van der Waals surface area contributed by atoms with E-state index in [1.165, 1.54) is 0 Å². The molecule has 0 radical (unpaired) electrons. The molecule has 0 amide bonds. The Morgan fingerprint density at radius 3 is 2.50 bits per heavy atom. The quantitative estimate of drug-likeness (QED) is 0.644. The minimum absolute atomic E-state index is 0.221. The number of thioether (sulfide) groups is 1. The van der Waals surface area contributed by atoms with Crippen molar-refractivity contribution in [1.29, 1.82) is 0 Å². The Morgan fingerprint density at radius 2 is 2.14 bits per heavy atom. The number of rotatable bonds is 8. The van der Waals surface area contributed by atoms with Crippen LogP contribution in [0.4, 0.5) is 0 Å². The van der Waals surface area contributed by atoms with Gasteiger partial charge in [-0.2, -0.15) is 11.8 Å². The zero-order valence-electron chi connectivity index (χ0n) is 9.62. The van der Waals surface area contributed by atoms with Gasteiger partial charge < -0.3 is 15.2 Å². The highest BCUT2D eigenvalue weighted by atomic mass is 32.2. The topological polar surface area (TPSA) is 41.5 Å². The molecule has 2 N–H and O–H groups in total. The first-order chi connectivity index (χ1) is 6.69. The Balaban J connectivity index is 3.92. The molecule has 0 bridgehead atoms. The van der Waals surface area contributed by atoms with Gasteiger partial charge in [-0.05, 0) is 19.6 Å². The molecule has 0 aliphatic heterocycles. The molecule has 0 aliphatic carbocycles. The van der Waals surface area contributed by atoms with E-state index in [0.717, 1.165) is 13.0 Å². The molecule has 3 unspecified atom stereocenters. The van der Waals surface area contributed by atoms with Crippen LogP contribution in [0.25, 0.3) is 0 Å². The molecule has 0 heterocycles. The van der Waals surface area contributed by atoms with Crippen molar-refractivity contribution in [2.24, 2.45) is 0 Å². The lowest BCUT2D eigenvalue weighted by Crippen LogP contribution is -2.45. The van der Waals surface area contributed by atoms with E-state index in [4.69, 9.17) is 9.84 Å². The molecule has 0 spiro atoms. The van der Waals surface area contributed by atoms with Crippen LogP contribution in [0.1, 0.15) is 20.3 Å². The van der Waals surface area contributed by atoms with Crippen LogP contribution in [0.2, 0.25) is 0 Å². The van der Waals surface area contributed by atoms with Crippen LogP contribution in [0.3, 0.4) is 0 Å². The zero-order chi connectivity index (χ0) is 11.0. The summed E-state index contributed by atoms with van der Waals surface area (Å²) in [6, 6.07) is 0.700. The minimum Gasteiger partial charge on any atom is -0.395 e. The summed E-state index contributed by atoms with van der Waals surface area (Å²) in [6.07, 6.45) is 3.07. The molecule has 14 heavy (non-hydrogen) atoms. The first kappa shape index (κ1) is 14.2. The van der Waals surface area contributed by atoms with Gasteiger partial charge in [0, 0.05) is 24.4 Å². The Morgan fingerprint density at radius 1 is 1.50 bits per heavy atom. The molecule has 0 aliphatic rings. The maximum Gasteiger partial charge on any atom is 0.0615 e. The molecular weight excluding hydrogens is 198 g/mol. The van der Waals surface area contributed by atoms with E-state index in [9.17, 15) is 0 Å². The Hall–Kier alpha value is 0.230. The zero-order valence-corrected chi connectivity index (χ0v) is 10.4. The van der Waals surface area contributed by atoms with Crippen LogP contribution in [-0.2, 0) is 4.74 Å². The number of nitrogens with one attached hydrogen (secondary N) is 1. The van der Waals surface area contributed by atoms with Crippen LogP contribution in [0.15, 0.2) is 0 Å². The molecule has 0 aromatic carbocycles. The summed E-state index contributed by atoms with van der Waals surface area (Å²) >= 11 is 1.70. The molecule has 0 rings (SSSR count). The van der Waals surface area contributed by atoms with Gasteiger partial charge in [0.25, 0.3) is 0 Å². The number of hydrogen-bond acceptors (Lipinski definition) is 4. The lowest BCUT2D eigenvalue weighted by molar-refractivity contribution is 0.156. The van der Waals surface area contributed by atoms with E-state index in [0.29, 0.717) is 12.1 Å². The third-order valence-corrected chi connectivity index (χ3v) is 3.56. The van der Waals surface area contributed by atoms with Gasteiger partial charge in [-0.25, -0.2) is 0 Å². The summed E-state index contributed by atoms with van der Waals surface area (Å²) in [5.41, 5.74) is 0. The van der Waals surface area contributed by atoms with Crippen molar-refractivity contribution in [1.82, 2.24) is 5.32 Å². The van der Waals surface area contributed by atoms with Gasteiger partial charge in [-0.3, -0.25) is 0 Å². The second-order valence-corrected chi connectivity index (χ2v) is 4.55. The van der Waals surface area contributed by atoms with Crippen molar-refractivity contribution in [2.45, 2.75) is 37.6 Å². The molecule has 0 aromatic heterocycles. The number of ether oxygens (including phenoxy) is 1. The summed E-state index contributed by atoms with van der Waals surface area (Å²) in [5.74, 6) is 0. The third kappa shape index (κ3) is 5.20. The Kier molecular flexibility index (Phi) is 8.67. The minimum atomic E-state index is 0.221. The molecule has 0 aromatic rings. The molecule has 3 nitrogen and oxygen atoms in total. The normalized spacial score (nSPS) is 17.8. The highest BCUT2D eigenvalue weighted by molar-refractivity contribution is 7.99. The van der Waals surface area contributed by atoms with Gasteiger partial charge in [0.15, 0.2) is 0 Å². The second kappa shape index (κ2) is 8.53. The summed E-state index contributed by atoms with van der Waals surface area (Å²) in [5, 5.41) is 12.8. The van der Waals surface area contributed by atoms with Gasteiger partial charge in [0.05, 0.1) is 13.2 Å². The Bertz CT molecular complexity index is 131. The van der Waals surface area contributed by atoms with Gasteiger partial charge in [-0.15, -0.1) is 0 Å². The lowest BCUT2D eigenvalue weighted by Gasteiger charge is -2.26. The molecule has 86 valence electrons. The maximum absolute atomic E-state index is 9.12. The van der Waals surface area contributed by atoms with Crippen LogP contribution in [-0.4, -0.2) is 49.0 Å². The fourth-order valence-corrected chi connectivity index (χ4v) is 2.04. The van der Waals surface area contributed by atoms with Crippen molar-refractivity contribution in [3.63, 3.8) is 0 Å². The summed E-state index contributed by atoms with van der Waals surface area (Å²) < 4.78 is 5.11. The van der Waals surface area contributed by atoms with Crippen molar-refractivity contribution >= 4 is 11.8 Å². The average molecular weight is 221 g/mol. The number of aliphatic hydroxyl groups excluding tert-OH is 1. The summed E-state index contributed by atoms with van der Waals surface area (Å²) in [7, 11) is 1.72. The predicted octanol–water partition coefficient (Wildman–Crippen LogP) is 1.11. The number of hydrogen-bond donors (Lipinski definition) is 2. The largest absolute Gasteiger partial charge is 0.395 e. The van der Waals surface area contributed by atoms with Crippen molar-refractivity contribution < 1.29 is 9.84 Å². The average Bonchev–Trinajstić information content (AvgIpc) is 2.19. The summed E-state index contributed by atoms with van der Waals surface area (Å²) in [4.78, 5) is 0. The van der Waals surface area contributed by atoms with E-state index < -0.39 is 0 Å². The maximum atomic E-state index is 9.12.